The summed E-state index contributed by atoms with van der Waals surface area (Å²) >= 11 is 6.42. The number of aromatic nitrogens is 2. The molecule has 2 heterocycles. The molecular weight excluding hydrogens is 402 g/mol. The highest BCUT2D eigenvalue weighted by atomic mass is 35.5. The topological polar surface area (TPSA) is 70.5 Å². The summed E-state index contributed by atoms with van der Waals surface area (Å²) in [5.74, 6) is 0.154. The van der Waals surface area contributed by atoms with E-state index >= 15 is 0 Å². The lowest BCUT2D eigenvalue weighted by Crippen LogP contribution is -2.48. The molecule has 0 atom stereocenters. The molecule has 30 heavy (non-hydrogen) atoms. The van der Waals surface area contributed by atoms with E-state index in [-0.39, 0.29) is 16.5 Å². The Balaban J connectivity index is 1.31. The first-order valence-electron chi connectivity index (χ1n) is 10.7. The number of nitrogens with one attached hydrogen (secondary N) is 1. The first kappa shape index (κ1) is 20.9. The summed E-state index contributed by atoms with van der Waals surface area (Å²) in [6, 6.07) is 9.64. The number of amides is 1. The Morgan fingerprint density at radius 1 is 1.10 bits per heavy atom. The number of anilines is 1. The lowest BCUT2D eigenvalue weighted by Gasteiger charge is -2.36. The maximum absolute atomic E-state index is 12.7. The first-order chi connectivity index (χ1) is 14.6. The molecule has 160 valence electrons. The van der Waals surface area contributed by atoms with Gasteiger partial charge >= 0.3 is 0 Å². The van der Waals surface area contributed by atoms with Gasteiger partial charge in [-0.1, -0.05) is 42.6 Å². The smallest absolute Gasteiger partial charge is 0.292 e. The molecule has 0 spiro atoms. The lowest BCUT2D eigenvalue weighted by atomic mass is 10.2. The maximum Gasteiger partial charge on any atom is 0.292 e. The van der Waals surface area contributed by atoms with Crippen LogP contribution in [0.1, 0.15) is 32.1 Å². The Bertz CT molecular complexity index is 919. The minimum atomic E-state index is -0.314. The van der Waals surface area contributed by atoms with Gasteiger partial charge in [-0.25, -0.2) is 0 Å². The second-order valence-electron chi connectivity index (χ2n) is 8.02. The van der Waals surface area contributed by atoms with Crippen LogP contribution in [0.3, 0.4) is 0 Å². The Hall–Kier alpha value is -2.38. The summed E-state index contributed by atoms with van der Waals surface area (Å²) in [5, 5.41) is 7.66. The molecule has 0 radical (unpaired) electrons. The summed E-state index contributed by atoms with van der Waals surface area (Å²) in [5.41, 5.74) is 1.05. The van der Waals surface area contributed by atoms with E-state index in [1.54, 1.807) is 6.20 Å². The summed E-state index contributed by atoms with van der Waals surface area (Å²) in [7, 11) is 0. The average molecular weight is 430 g/mol. The number of hydrogen-bond donors (Lipinski definition) is 1. The van der Waals surface area contributed by atoms with Crippen LogP contribution >= 0.6 is 11.6 Å². The van der Waals surface area contributed by atoms with Gasteiger partial charge in [0.05, 0.1) is 17.6 Å². The molecular formula is C22H28ClN5O2. The fourth-order valence-corrected chi connectivity index (χ4v) is 4.49. The molecule has 0 unspecified atom stereocenters. The predicted molar refractivity (Wildman–Crippen MR) is 119 cm³/mol. The number of carbonyl (C=O) groups excluding carboxylic acids is 1. The van der Waals surface area contributed by atoms with E-state index in [1.165, 1.54) is 17.5 Å². The summed E-state index contributed by atoms with van der Waals surface area (Å²) in [6.45, 7) is 3.92. The third-order valence-electron chi connectivity index (χ3n) is 5.99. The van der Waals surface area contributed by atoms with E-state index < -0.39 is 0 Å². The van der Waals surface area contributed by atoms with E-state index in [4.69, 9.17) is 11.6 Å². The normalized spacial score (nSPS) is 18.0. The molecule has 7 nitrogen and oxygen atoms in total. The highest BCUT2D eigenvalue weighted by Crippen LogP contribution is 2.23. The van der Waals surface area contributed by atoms with Gasteiger partial charge in [-0.2, -0.15) is 9.78 Å². The van der Waals surface area contributed by atoms with Gasteiger partial charge in [0.1, 0.15) is 5.02 Å². The van der Waals surface area contributed by atoms with Gasteiger partial charge in [-0.3, -0.25) is 14.5 Å². The summed E-state index contributed by atoms with van der Waals surface area (Å²) < 4.78 is 1.32. The van der Waals surface area contributed by atoms with Crippen LogP contribution in [0.15, 0.2) is 41.3 Å². The molecule has 8 heteroatoms. The second-order valence-corrected chi connectivity index (χ2v) is 8.40. The number of carbonyl (C=O) groups is 1. The number of benzene rings is 1. The molecule has 1 amide bonds. The van der Waals surface area contributed by atoms with Gasteiger partial charge in [0.25, 0.3) is 5.56 Å². The van der Waals surface area contributed by atoms with Crippen molar-refractivity contribution in [2.45, 2.75) is 38.1 Å². The van der Waals surface area contributed by atoms with Crippen molar-refractivity contribution < 1.29 is 4.79 Å². The molecule has 1 N–H and O–H groups in total. The molecule has 2 aliphatic rings. The van der Waals surface area contributed by atoms with Crippen LogP contribution < -0.4 is 15.8 Å². The van der Waals surface area contributed by atoms with Crippen LogP contribution in [-0.4, -0.2) is 59.4 Å². The van der Waals surface area contributed by atoms with Gasteiger partial charge in [0, 0.05) is 45.2 Å². The van der Waals surface area contributed by atoms with Crippen LogP contribution in [0.25, 0.3) is 5.69 Å². The minimum Gasteiger partial charge on any atom is -0.366 e. The molecule has 1 aromatic carbocycles. The largest absolute Gasteiger partial charge is 0.366 e. The number of hydrogen-bond acceptors (Lipinski definition) is 5. The van der Waals surface area contributed by atoms with Crippen molar-refractivity contribution >= 4 is 23.2 Å². The van der Waals surface area contributed by atoms with E-state index in [0.29, 0.717) is 23.8 Å². The molecule has 1 aliphatic carbocycles. The predicted octanol–water partition coefficient (Wildman–Crippen LogP) is 2.46. The number of piperazine rings is 1. The van der Waals surface area contributed by atoms with E-state index in [1.807, 2.05) is 30.3 Å². The van der Waals surface area contributed by atoms with Crippen LogP contribution in [-0.2, 0) is 4.79 Å². The van der Waals surface area contributed by atoms with Gasteiger partial charge in [-0.05, 0) is 25.0 Å². The third-order valence-corrected chi connectivity index (χ3v) is 6.34. The van der Waals surface area contributed by atoms with Crippen LogP contribution in [0.5, 0.6) is 0 Å². The van der Waals surface area contributed by atoms with Crippen LogP contribution in [0.2, 0.25) is 5.02 Å². The fraction of sp³-hybridized carbons (Fsp3) is 0.500. The highest BCUT2D eigenvalue weighted by Gasteiger charge is 2.22. The summed E-state index contributed by atoms with van der Waals surface area (Å²) in [4.78, 5) is 29.2. The quantitative estimate of drug-likeness (QED) is 0.763. The van der Waals surface area contributed by atoms with E-state index in [0.717, 1.165) is 45.6 Å². The number of rotatable bonds is 6. The average Bonchev–Trinajstić information content (AvgIpc) is 3.28. The number of nitrogens with zero attached hydrogens (tertiary/aromatic N) is 4. The first-order valence-corrected chi connectivity index (χ1v) is 11.1. The molecule has 2 fully saturated rings. The SMILES string of the molecule is O=C(CCN1CCN(c2cnn(-c3ccccc3)c(=O)c2Cl)CC1)NC1CCCC1. The van der Waals surface area contributed by atoms with E-state index in [9.17, 15) is 9.59 Å². The molecule has 1 saturated heterocycles. The van der Waals surface area contributed by atoms with Crippen molar-refractivity contribution in [3.05, 3.63) is 51.9 Å². The molecule has 1 aliphatic heterocycles. The molecule has 4 rings (SSSR count). The Morgan fingerprint density at radius 2 is 1.80 bits per heavy atom. The van der Waals surface area contributed by atoms with Gasteiger partial charge < -0.3 is 10.2 Å². The van der Waals surface area contributed by atoms with Gasteiger partial charge in [-0.15, -0.1) is 0 Å². The van der Waals surface area contributed by atoms with Crippen LogP contribution in [0, 0.1) is 0 Å². The maximum atomic E-state index is 12.7. The zero-order chi connectivity index (χ0) is 20.9. The molecule has 2 aromatic rings. The monoisotopic (exact) mass is 429 g/mol. The molecule has 1 saturated carbocycles. The van der Waals surface area contributed by atoms with Crippen molar-refractivity contribution in [1.82, 2.24) is 20.0 Å². The molecule has 0 bridgehead atoms. The van der Waals surface area contributed by atoms with Crippen molar-refractivity contribution in [3.8, 4) is 5.69 Å². The van der Waals surface area contributed by atoms with Gasteiger partial charge in [0.2, 0.25) is 5.91 Å². The standard InChI is InChI=1S/C22H28ClN5O2/c23-21-19(16-24-28(22(21)30)18-8-2-1-3-9-18)27-14-12-26(13-15-27)11-10-20(29)25-17-6-4-5-7-17/h1-3,8-9,16-17H,4-7,10-15H2,(H,25,29). The number of para-hydroxylation sites is 1. The third kappa shape index (κ3) is 4.84. The Kier molecular flexibility index (Phi) is 6.69. The summed E-state index contributed by atoms with van der Waals surface area (Å²) in [6.07, 6.45) is 6.87. The fourth-order valence-electron chi connectivity index (χ4n) is 4.24. The number of halogens is 1. The zero-order valence-electron chi connectivity index (χ0n) is 17.1. The molecule has 1 aromatic heterocycles. The Labute approximate surface area is 181 Å². The Morgan fingerprint density at radius 3 is 2.50 bits per heavy atom. The second kappa shape index (κ2) is 9.62. The van der Waals surface area contributed by atoms with Crippen LogP contribution in [0.4, 0.5) is 5.69 Å². The van der Waals surface area contributed by atoms with Crippen molar-refractivity contribution in [2.24, 2.45) is 0 Å². The van der Waals surface area contributed by atoms with Crippen molar-refractivity contribution in [3.63, 3.8) is 0 Å². The van der Waals surface area contributed by atoms with Crippen molar-refractivity contribution in [2.75, 3.05) is 37.6 Å². The van der Waals surface area contributed by atoms with Crippen molar-refractivity contribution in [1.29, 1.82) is 0 Å². The van der Waals surface area contributed by atoms with Gasteiger partial charge in [0.15, 0.2) is 0 Å². The van der Waals surface area contributed by atoms with E-state index in [2.05, 4.69) is 20.2 Å². The zero-order valence-corrected chi connectivity index (χ0v) is 17.9. The lowest BCUT2D eigenvalue weighted by molar-refractivity contribution is -0.122. The minimum absolute atomic E-state index is 0.154. The highest BCUT2D eigenvalue weighted by molar-refractivity contribution is 6.33.